The van der Waals surface area contributed by atoms with Crippen LogP contribution in [0.1, 0.15) is 103 Å². The van der Waals surface area contributed by atoms with E-state index in [0.717, 1.165) is 44.9 Å². The first-order valence-corrected chi connectivity index (χ1v) is 10.3. The summed E-state index contributed by atoms with van der Waals surface area (Å²) in [5.41, 5.74) is 0. The van der Waals surface area contributed by atoms with Gasteiger partial charge >= 0.3 is 5.97 Å². The first-order chi connectivity index (χ1) is 12.1. The zero-order chi connectivity index (χ0) is 18.8. The summed E-state index contributed by atoms with van der Waals surface area (Å²) in [5.74, 6) is -0.690. The molecule has 0 aromatic heterocycles. The smallest absolute Gasteiger partial charge is 0.303 e. The molecule has 0 aliphatic heterocycles. The number of aliphatic hydroxyl groups excluding tert-OH is 2. The van der Waals surface area contributed by atoms with Gasteiger partial charge in [-0.2, -0.15) is 0 Å². The Morgan fingerprint density at radius 2 is 1.28 bits per heavy atom. The van der Waals surface area contributed by atoms with Crippen molar-refractivity contribution in [1.82, 2.24) is 0 Å². The van der Waals surface area contributed by atoms with Crippen LogP contribution in [-0.4, -0.2) is 33.5 Å². The Morgan fingerprint density at radius 1 is 0.760 bits per heavy atom. The highest BCUT2D eigenvalue weighted by molar-refractivity contribution is 5.66. The largest absolute Gasteiger partial charge is 0.481 e. The van der Waals surface area contributed by atoms with E-state index in [9.17, 15) is 15.0 Å². The number of carboxylic acids is 1. The van der Waals surface area contributed by atoms with E-state index in [2.05, 4.69) is 13.0 Å². The summed E-state index contributed by atoms with van der Waals surface area (Å²) in [5, 5.41) is 28.3. The lowest BCUT2D eigenvalue weighted by Gasteiger charge is -2.13. The Hall–Kier alpha value is -0.870. The number of unbranched alkanes of at least 4 members (excludes halogenated alkanes) is 8. The van der Waals surface area contributed by atoms with E-state index < -0.39 is 5.97 Å². The Labute approximate surface area is 154 Å². The van der Waals surface area contributed by atoms with Crippen LogP contribution in [0.5, 0.6) is 0 Å². The second kappa shape index (κ2) is 17.9. The van der Waals surface area contributed by atoms with Gasteiger partial charge in [0.1, 0.15) is 0 Å². The minimum Gasteiger partial charge on any atom is -0.481 e. The highest BCUT2D eigenvalue weighted by Crippen LogP contribution is 2.14. The fraction of sp³-hybridized carbons (Fsp3) is 0.857. The van der Waals surface area contributed by atoms with Crippen molar-refractivity contribution in [3.05, 3.63) is 12.2 Å². The second-order valence-electron chi connectivity index (χ2n) is 7.11. The average Bonchev–Trinajstić information content (AvgIpc) is 2.57. The zero-order valence-corrected chi connectivity index (χ0v) is 16.2. The fourth-order valence-corrected chi connectivity index (χ4v) is 2.96. The van der Waals surface area contributed by atoms with E-state index in [1.54, 1.807) is 0 Å². The standard InChI is InChI=1S/C21H40O4/c1-2-3-11-14-19(22)17-18-20(23)15-12-9-7-5-4-6-8-10-13-16-21(24)25/h3,11,19-20,22-23H,2,4-10,12-18H2,1H3,(H,24,25). The molecule has 2 unspecified atom stereocenters. The lowest BCUT2D eigenvalue weighted by atomic mass is 10.0. The fourth-order valence-electron chi connectivity index (χ4n) is 2.96. The number of hydrogen-bond donors (Lipinski definition) is 3. The van der Waals surface area contributed by atoms with E-state index in [0.29, 0.717) is 25.7 Å². The normalized spacial score (nSPS) is 14.0. The van der Waals surface area contributed by atoms with Gasteiger partial charge in [0, 0.05) is 6.42 Å². The van der Waals surface area contributed by atoms with Gasteiger partial charge in [-0.25, -0.2) is 0 Å². The van der Waals surface area contributed by atoms with Crippen molar-refractivity contribution in [3.8, 4) is 0 Å². The molecular formula is C21H40O4. The van der Waals surface area contributed by atoms with Gasteiger partial charge in [0.2, 0.25) is 0 Å². The van der Waals surface area contributed by atoms with Crippen LogP contribution in [0.2, 0.25) is 0 Å². The first-order valence-electron chi connectivity index (χ1n) is 10.3. The molecular weight excluding hydrogens is 316 g/mol. The maximum Gasteiger partial charge on any atom is 0.303 e. The predicted molar refractivity (Wildman–Crippen MR) is 104 cm³/mol. The van der Waals surface area contributed by atoms with Crippen LogP contribution in [0.3, 0.4) is 0 Å². The van der Waals surface area contributed by atoms with Crippen LogP contribution in [0, 0.1) is 0 Å². The molecule has 0 amide bonds. The molecule has 0 aliphatic carbocycles. The van der Waals surface area contributed by atoms with Crippen molar-refractivity contribution >= 4 is 5.97 Å². The number of carboxylic acid groups (broad SMARTS) is 1. The van der Waals surface area contributed by atoms with Crippen LogP contribution < -0.4 is 0 Å². The Bertz CT molecular complexity index is 328. The topological polar surface area (TPSA) is 77.8 Å². The van der Waals surface area contributed by atoms with Crippen molar-refractivity contribution in [2.75, 3.05) is 0 Å². The molecule has 0 aromatic carbocycles. The van der Waals surface area contributed by atoms with Gasteiger partial charge in [-0.1, -0.05) is 70.4 Å². The number of rotatable bonds is 18. The van der Waals surface area contributed by atoms with Crippen molar-refractivity contribution in [3.63, 3.8) is 0 Å². The minimum absolute atomic E-state index is 0.279. The average molecular weight is 357 g/mol. The molecule has 0 bridgehead atoms. The zero-order valence-electron chi connectivity index (χ0n) is 16.2. The van der Waals surface area contributed by atoms with Gasteiger partial charge in [0.25, 0.3) is 0 Å². The molecule has 0 saturated carbocycles. The highest BCUT2D eigenvalue weighted by Gasteiger charge is 2.08. The third kappa shape index (κ3) is 19.3. The van der Waals surface area contributed by atoms with Crippen molar-refractivity contribution < 1.29 is 20.1 Å². The highest BCUT2D eigenvalue weighted by atomic mass is 16.4. The van der Waals surface area contributed by atoms with Crippen molar-refractivity contribution in [2.45, 2.75) is 115 Å². The Kier molecular flexibility index (Phi) is 17.3. The summed E-state index contributed by atoms with van der Waals surface area (Å²) < 4.78 is 0. The lowest BCUT2D eigenvalue weighted by molar-refractivity contribution is -0.137. The summed E-state index contributed by atoms with van der Waals surface area (Å²) in [6, 6.07) is 0. The number of aliphatic hydroxyl groups is 2. The molecule has 4 nitrogen and oxygen atoms in total. The van der Waals surface area contributed by atoms with Gasteiger partial charge < -0.3 is 15.3 Å². The SMILES string of the molecule is CCC=CCC(O)CCC(O)CCCCCCCCCCCC(=O)O. The van der Waals surface area contributed by atoms with Crippen LogP contribution in [0.4, 0.5) is 0 Å². The summed E-state index contributed by atoms with van der Waals surface area (Å²) in [7, 11) is 0. The summed E-state index contributed by atoms with van der Waals surface area (Å²) in [6.45, 7) is 2.08. The molecule has 0 aliphatic rings. The summed E-state index contributed by atoms with van der Waals surface area (Å²) in [4.78, 5) is 10.4. The van der Waals surface area contributed by atoms with Gasteiger partial charge in [-0.15, -0.1) is 0 Å². The van der Waals surface area contributed by atoms with E-state index in [1.807, 2.05) is 6.08 Å². The minimum atomic E-state index is -0.690. The van der Waals surface area contributed by atoms with Crippen LogP contribution in [0.15, 0.2) is 12.2 Å². The lowest BCUT2D eigenvalue weighted by Crippen LogP contribution is -2.12. The molecule has 0 saturated heterocycles. The van der Waals surface area contributed by atoms with Gasteiger partial charge in [0.15, 0.2) is 0 Å². The quantitative estimate of drug-likeness (QED) is 0.232. The molecule has 148 valence electrons. The number of carbonyl (C=O) groups is 1. The van der Waals surface area contributed by atoms with E-state index in [1.165, 1.54) is 25.7 Å². The molecule has 3 N–H and O–H groups in total. The van der Waals surface area contributed by atoms with Crippen molar-refractivity contribution in [2.24, 2.45) is 0 Å². The first kappa shape index (κ1) is 24.1. The third-order valence-corrected chi connectivity index (χ3v) is 4.57. The van der Waals surface area contributed by atoms with Crippen LogP contribution in [0.25, 0.3) is 0 Å². The van der Waals surface area contributed by atoms with E-state index in [-0.39, 0.29) is 12.2 Å². The number of aliphatic carboxylic acids is 1. The maximum atomic E-state index is 10.4. The summed E-state index contributed by atoms with van der Waals surface area (Å²) >= 11 is 0. The predicted octanol–water partition coefficient (Wildman–Crippen LogP) is 5.22. The van der Waals surface area contributed by atoms with Gasteiger partial charge in [0.05, 0.1) is 12.2 Å². The molecule has 0 spiro atoms. The molecule has 4 heteroatoms. The molecule has 0 heterocycles. The second-order valence-corrected chi connectivity index (χ2v) is 7.11. The molecule has 0 rings (SSSR count). The van der Waals surface area contributed by atoms with E-state index >= 15 is 0 Å². The van der Waals surface area contributed by atoms with Crippen LogP contribution >= 0.6 is 0 Å². The summed E-state index contributed by atoms with van der Waals surface area (Å²) in [6.07, 6.45) is 17.8. The van der Waals surface area contributed by atoms with Crippen LogP contribution in [-0.2, 0) is 4.79 Å². The molecule has 25 heavy (non-hydrogen) atoms. The monoisotopic (exact) mass is 356 g/mol. The molecule has 0 aromatic rings. The van der Waals surface area contributed by atoms with Gasteiger partial charge in [-0.05, 0) is 38.5 Å². The molecule has 2 atom stereocenters. The van der Waals surface area contributed by atoms with E-state index in [4.69, 9.17) is 5.11 Å². The molecule has 0 fully saturated rings. The Morgan fingerprint density at radius 3 is 1.84 bits per heavy atom. The Balaban J connectivity index is 3.30. The molecule has 0 radical (unpaired) electrons. The third-order valence-electron chi connectivity index (χ3n) is 4.57. The maximum absolute atomic E-state index is 10.4. The number of allylic oxidation sites excluding steroid dienone is 1. The number of hydrogen-bond acceptors (Lipinski definition) is 3. The van der Waals surface area contributed by atoms with Gasteiger partial charge in [-0.3, -0.25) is 4.79 Å². The van der Waals surface area contributed by atoms with Crippen molar-refractivity contribution in [1.29, 1.82) is 0 Å².